The molecule has 3 nitrogen and oxygen atoms in total. The quantitative estimate of drug-likeness (QED) is 0.643. The molecule has 1 aliphatic rings. The molecule has 0 saturated heterocycles. The minimum atomic E-state index is -0.356. The van der Waals surface area contributed by atoms with Gasteiger partial charge in [0.25, 0.3) is 0 Å². The second-order valence-electron chi connectivity index (χ2n) is 4.38. The van der Waals surface area contributed by atoms with Crippen LogP contribution in [-0.2, 0) is 13.0 Å². The van der Waals surface area contributed by atoms with Crippen molar-refractivity contribution in [2.45, 2.75) is 37.8 Å². The fourth-order valence-corrected chi connectivity index (χ4v) is 1.69. The summed E-state index contributed by atoms with van der Waals surface area (Å²) >= 11 is 0. The lowest BCUT2D eigenvalue weighted by molar-refractivity contribution is 0.140. The molecule has 2 rings (SSSR count). The third-order valence-electron chi connectivity index (χ3n) is 3.01. The van der Waals surface area contributed by atoms with Gasteiger partial charge in [0.2, 0.25) is 0 Å². The van der Waals surface area contributed by atoms with E-state index in [0.29, 0.717) is 6.54 Å². The van der Waals surface area contributed by atoms with Crippen molar-refractivity contribution in [3.63, 3.8) is 0 Å². The molecule has 3 heteroatoms. The molecule has 1 saturated carbocycles. The number of hydrogen-bond acceptors (Lipinski definition) is 3. The molecule has 0 radical (unpaired) electrons. The Balaban J connectivity index is 1.86. The largest absolute Gasteiger partial charge is 0.390 e. The van der Waals surface area contributed by atoms with Gasteiger partial charge in [-0.3, -0.25) is 0 Å². The molecule has 0 unspecified atom stereocenters. The van der Waals surface area contributed by atoms with Crippen LogP contribution in [-0.4, -0.2) is 15.9 Å². The van der Waals surface area contributed by atoms with Crippen molar-refractivity contribution in [1.29, 1.82) is 0 Å². The van der Waals surface area contributed by atoms with E-state index in [4.69, 9.17) is 5.21 Å². The topological polar surface area (TPSA) is 52.5 Å². The summed E-state index contributed by atoms with van der Waals surface area (Å²) in [6.45, 7) is 0.476. The predicted octanol–water partition coefficient (Wildman–Crippen LogP) is 1.62. The van der Waals surface area contributed by atoms with E-state index in [9.17, 15) is 5.11 Å². The number of rotatable bonds is 5. The molecule has 1 aromatic rings. The van der Waals surface area contributed by atoms with E-state index < -0.39 is 0 Å². The summed E-state index contributed by atoms with van der Waals surface area (Å²) in [5, 5.41) is 18.2. The van der Waals surface area contributed by atoms with Crippen molar-refractivity contribution in [3.8, 4) is 0 Å². The monoisotopic (exact) mass is 207 g/mol. The minimum Gasteiger partial charge on any atom is -0.390 e. The first kappa shape index (κ1) is 10.6. The van der Waals surface area contributed by atoms with E-state index >= 15 is 0 Å². The molecule has 0 aromatic heterocycles. The fourth-order valence-electron chi connectivity index (χ4n) is 1.69. The second kappa shape index (κ2) is 4.31. The van der Waals surface area contributed by atoms with Crippen LogP contribution in [0.4, 0.5) is 0 Å². The first-order valence-corrected chi connectivity index (χ1v) is 5.39. The van der Waals surface area contributed by atoms with E-state index in [1.165, 1.54) is 5.56 Å². The Kier molecular flexibility index (Phi) is 3.05. The van der Waals surface area contributed by atoms with Gasteiger partial charge in [0.05, 0.1) is 5.60 Å². The zero-order chi connectivity index (χ0) is 10.7. The molecule has 82 valence electrons. The van der Waals surface area contributed by atoms with Gasteiger partial charge in [-0.05, 0) is 36.8 Å². The number of benzene rings is 1. The second-order valence-corrected chi connectivity index (χ2v) is 4.38. The standard InChI is InChI=1S/C12H17NO2/c14-12(7-8-12)6-5-10-1-3-11(4-2-10)9-13-15/h1-4,13-15H,5-9H2. The highest BCUT2D eigenvalue weighted by Gasteiger charge is 2.39. The van der Waals surface area contributed by atoms with Crippen molar-refractivity contribution < 1.29 is 10.3 Å². The van der Waals surface area contributed by atoms with Gasteiger partial charge in [-0.15, -0.1) is 0 Å². The summed E-state index contributed by atoms with van der Waals surface area (Å²) in [5.41, 5.74) is 4.08. The van der Waals surface area contributed by atoms with Crippen LogP contribution in [0.3, 0.4) is 0 Å². The van der Waals surface area contributed by atoms with Crippen molar-refractivity contribution in [3.05, 3.63) is 35.4 Å². The number of hydroxylamine groups is 1. The highest BCUT2D eigenvalue weighted by molar-refractivity contribution is 5.22. The van der Waals surface area contributed by atoms with Gasteiger partial charge in [0, 0.05) is 6.54 Å². The molecule has 0 heterocycles. The molecule has 0 bridgehead atoms. The number of aliphatic hydroxyl groups is 1. The maximum Gasteiger partial charge on any atom is 0.0653 e. The molecule has 0 atom stereocenters. The van der Waals surface area contributed by atoms with Crippen LogP contribution in [0.25, 0.3) is 0 Å². The zero-order valence-electron chi connectivity index (χ0n) is 8.74. The van der Waals surface area contributed by atoms with Gasteiger partial charge >= 0.3 is 0 Å². The first-order chi connectivity index (χ1) is 7.22. The average Bonchev–Trinajstić information content (AvgIpc) is 2.97. The Morgan fingerprint density at radius 2 is 1.73 bits per heavy atom. The third kappa shape index (κ3) is 3.02. The van der Waals surface area contributed by atoms with Crippen LogP contribution in [0.15, 0.2) is 24.3 Å². The van der Waals surface area contributed by atoms with Crippen molar-refractivity contribution in [1.82, 2.24) is 5.48 Å². The van der Waals surface area contributed by atoms with Crippen LogP contribution >= 0.6 is 0 Å². The summed E-state index contributed by atoms with van der Waals surface area (Å²) < 4.78 is 0. The Morgan fingerprint density at radius 1 is 1.13 bits per heavy atom. The van der Waals surface area contributed by atoms with E-state index in [1.54, 1.807) is 0 Å². The number of aryl methyl sites for hydroxylation is 1. The molecule has 3 N–H and O–H groups in total. The van der Waals surface area contributed by atoms with Gasteiger partial charge in [-0.2, -0.15) is 0 Å². The normalized spacial score (nSPS) is 17.7. The maximum atomic E-state index is 9.69. The lowest BCUT2D eigenvalue weighted by Crippen LogP contribution is -2.08. The van der Waals surface area contributed by atoms with Gasteiger partial charge in [-0.25, -0.2) is 5.48 Å². The third-order valence-corrected chi connectivity index (χ3v) is 3.01. The zero-order valence-corrected chi connectivity index (χ0v) is 8.74. The van der Waals surface area contributed by atoms with Crippen molar-refractivity contribution in [2.24, 2.45) is 0 Å². The van der Waals surface area contributed by atoms with Crippen molar-refractivity contribution in [2.75, 3.05) is 0 Å². The summed E-state index contributed by atoms with van der Waals surface area (Å²) in [7, 11) is 0. The number of nitrogens with one attached hydrogen (secondary N) is 1. The molecule has 1 aliphatic carbocycles. The van der Waals surface area contributed by atoms with E-state index in [2.05, 4.69) is 17.6 Å². The highest BCUT2D eigenvalue weighted by Crippen LogP contribution is 2.39. The van der Waals surface area contributed by atoms with E-state index in [-0.39, 0.29) is 5.60 Å². The Hall–Kier alpha value is -0.900. The molecule has 1 aromatic carbocycles. The highest BCUT2D eigenvalue weighted by atomic mass is 16.5. The average molecular weight is 207 g/mol. The minimum absolute atomic E-state index is 0.356. The summed E-state index contributed by atoms with van der Waals surface area (Å²) in [5.74, 6) is 0. The molecule has 0 amide bonds. The van der Waals surface area contributed by atoms with Crippen LogP contribution < -0.4 is 5.48 Å². The van der Waals surface area contributed by atoms with Gasteiger partial charge in [0.15, 0.2) is 0 Å². The fraction of sp³-hybridized carbons (Fsp3) is 0.500. The Bertz CT molecular complexity index is 317. The van der Waals surface area contributed by atoms with Crippen LogP contribution in [0, 0.1) is 0 Å². The van der Waals surface area contributed by atoms with E-state index in [0.717, 1.165) is 31.2 Å². The predicted molar refractivity (Wildman–Crippen MR) is 57.6 cm³/mol. The molecular weight excluding hydrogens is 190 g/mol. The summed E-state index contributed by atoms with van der Waals surface area (Å²) in [6, 6.07) is 8.10. The SMILES string of the molecule is ONCc1ccc(CCC2(O)CC2)cc1. The molecule has 0 aliphatic heterocycles. The Morgan fingerprint density at radius 3 is 2.27 bits per heavy atom. The molecule has 1 fully saturated rings. The summed E-state index contributed by atoms with van der Waals surface area (Å²) in [4.78, 5) is 0. The lowest BCUT2D eigenvalue weighted by atomic mass is 10.0. The first-order valence-electron chi connectivity index (χ1n) is 5.39. The van der Waals surface area contributed by atoms with Crippen LogP contribution in [0.1, 0.15) is 30.4 Å². The van der Waals surface area contributed by atoms with Crippen LogP contribution in [0.5, 0.6) is 0 Å². The molecule has 15 heavy (non-hydrogen) atoms. The van der Waals surface area contributed by atoms with Gasteiger partial charge < -0.3 is 10.3 Å². The molecular formula is C12H17NO2. The Labute approximate surface area is 89.7 Å². The van der Waals surface area contributed by atoms with Crippen LogP contribution in [0.2, 0.25) is 0 Å². The molecule has 0 spiro atoms. The van der Waals surface area contributed by atoms with Gasteiger partial charge in [-0.1, -0.05) is 24.3 Å². The maximum absolute atomic E-state index is 9.69. The van der Waals surface area contributed by atoms with Gasteiger partial charge in [0.1, 0.15) is 0 Å². The van der Waals surface area contributed by atoms with Crippen molar-refractivity contribution >= 4 is 0 Å². The smallest absolute Gasteiger partial charge is 0.0653 e. The lowest BCUT2D eigenvalue weighted by Gasteiger charge is -2.07. The summed E-state index contributed by atoms with van der Waals surface area (Å²) in [6.07, 6.45) is 3.72. The number of hydrogen-bond donors (Lipinski definition) is 3. The van der Waals surface area contributed by atoms with E-state index in [1.807, 2.05) is 12.1 Å².